The number of hydrogen-bond acceptors (Lipinski definition) is 3. The fraction of sp³-hybridized carbons (Fsp3) is 0. The van der Waals surface area contributed by atoms with Crippen LogP contribution in [0.25, 0.3) is 0 Å². The molecule has 0 saturated heterocycles. The SMILES string of the molecule is Oc1cc(Br)c(C=Nc2ccccc2)o1. The molecule has 76 valence electrons. The summed E-state index contributed by atoms with van der Waals surface area (Å²) >= 11 is 3.25. The molecule has 0 amide bonds. The predicted molar refractivity (Wildman–Crippen MR) is 61.8 cm³/mol. The van der Waals surface area contributed by atoms with Gasteiger partial charge < -0.3 is 9.52 Å². The van der Waals surface area contributed by atoms with E-state index in [1.54, 1.807) is 6.21 Å². The van der Waals surface area contributed by atoms with Gasteiger partial charge in [-0.05, 0) is 28.1 Å². The molecule has 0 aliphatic heterocycles. The van der Waals surface area contributed by atoms with E-state index in [1.807, 2.05) is 30.3 Å². The number of rotatable bonds is 2. The summed E-state index contributed by atoms with van der Waals surface area (Å²) < 4.78 is 5.68. The lowest BCUT2D eigenvalue weighted by molar-refractivity contribution is 0.331. The largest absolute Gasteiger partial charge is 0.481 e. The van der Waals surface area contributed by atoms with E-state index in [4.69, 9.17) is 9.52 Å². The maximum absolute atomic E-state index is 9.07. The van der Waals surface area contributed by atoms with Crippen molar-refractivity contribution in [3.8, 4) is 5.95 Å². The van der Waals surface area contributed by atoms with E-state index in [0.717, 1.165) is 5.69 Å². The number of para-hydroxylation sites is 1. The topological polar surface area (TPSA) is 45.7 Å². The molecule has 4 heteroatoms. The molecule has 15 heavy (non-hydrogen) atoms. The maximum atomic E-state index is 9.07. The van der Waals surface area contributed by atoms with Gasteiger partial charge in [0.2, 0.25) is 0 Å². The monoisotopic (exact) mass is 265 g/mol. The van der Waals surface area contributed by atoms with Crippen LogP contribution in [0.5, 0.6) is 5.95 Å². The Morgan fingerprint density at radius 2 is 2.00 bits per heavy atom. The zero-order valence-electron chi connectivity index (χ0n) is 7.72. The van der Waals surface area contributed by atoms with E-state index < -0.39 is 0 Å². The summed E-state index contributed by atoms with van der Waals surface area (Å²) in [6.45, 7) is 0. The second-order valence-electron chi connectivity index (χ2n) is 2.89. The third-order valence-corrected chi connectivity index (χ3v) is 2.41. The molecule has 0 saturated carbocycles. The molecule has 0 unspecified atom stereocenters. The van der Waals surface area contributed by atoms with Crippen molar-refractivity contribution in [1.82, 2.24) is 0 Å². The lowest BCUT2D eigenvalue weighted by Crippen LogP contribution is -1.75. The van der Waals surface area contributed by atoms with Crippen LogP contribution in [0.2, 0.25) is 0 Å². The standard InChI is InChI=1S/C11H8BrNO2/c12-9-6-11(14)15-10(9)7-13-8-4-2-1-3-5-8/h1-7,14H. The van der Waals surface area contributed by atoms with E-state index in [2.05, 4.69) is 20.9 Å². The van der Waals surface area contributed by atoms with Gasteiger partial charge in [0.15, 0.2) is 5.76 Å². The third-order valence-electron chi connectivity index (χ3n) is 1.79. The predicted octanol–water partition coefficient (Wildman–Crippen LogP) is 3.50. The molecule has 0 fully saturated rings. The van der Waals surface area contributed by atoms with Gasteiger partial charge in [-0.1, -0.05) is 18.2 Å². The molecule has 2 aromatic rings. The number of benzene rings is 1. The molecule has 2 rings (SSSR count). The summed E-state index contributed by atoms with van der Waals surface area (Å²) in [5, 5.41) is 9.07. The summed E-state index contributed by atoms with van der Waals surface area (Å²) in [5.41, 5.74) is 0.834. The summed E-state index contributed by atoms with van der Waals surface area (Å²) in [6, 6.07) is 11.0. The van der Waals surface area contributed by atoms with Gasteiger partial charge in [0.1, 0.15) is 0 Å². The minimum Gasteiger partial charge on any atom is -0.481 e. The van der Waals surface area contributed by atoms with E-state index >= 15 is 0 Å². The van der Waals surface area contributed by atoms with Crippen LogP contribution in [-0.4, -0.2) is 11.3 Å². The average molecular weight is 266 g/mol. The molecular weight excluding hydrogens is 258 g/mol. The Labute approximate surface area is 95.2 Å². The Morgan fingerprint density at radius 1 is 1.27 bits per heavy atom. The van der Waals surface area contributed by atoms with Crippen LogP contribution in [0.3, 0.4) is 0 Å². The number of aliphatic imine (C=N–C) groups is 1. The van der Waals surface area contributed by atoms with Gasteiger partial charge in [-0.2, -0.15) is 0 Å². The first-order valence-electron chi connectivity index (χ1n) is 4.33. The van der Waals surface area contributed by atoms with Gasteiger partial charge in [-0.25, -0.2) is 0 Å². The fourth-order valence-electron chi connectivity index (χ4n) is 1.11. The highest BCUT2D eigenvalue weighted by Gasteiger charge is 2.04. The van der Waals surface area contributed by atoms with Crippen LogP contribution in [0.4, 0.5) is 5.69 Å². The molecule has 1 aromatic carbocycles. The van der Waals surface area contributed by atoms with Gasteiger partial charge in [-0.15, -0.1) is 0 Å². The molecule has 0 spiro atoms. The highest BCUT2D eigenvalue weighted by Crippen LogP contribution is 2.24. The second kappa shape index (κ2) is 4.31. The Hall–Kier alpha value is -1.55. The van der Waals surface area contributed by atoms with Crippen LogP contribution in [-0.2, 0) is 0 Å². The Balaban J connectivity index is 2.22. The van der Waals surface area contributed by atoms with Crippen molar-refractivity contribution in [2.24, 2.45) is 4.99 Å². The molecule has 0 bridgehead atoms. The van der Waals surface area contributed by atoms with Crippen molar-refractivity contribution in [2.45, 2.75) is 0 Å². The summed E-state index contributed by atoms with van der Waals surface area (Å²) in [5.74, 6) is 0.368. The van der Waals surface area contributed by atoms with Crippen molar-refractivity contribution < 1.29 is 9.52 Å². The summed E-state index contributed by atoms with van der Waals surface area (Å²) in [4.78, 5) is 4.19. The minimum absolute atomic E-state index is 0.128. The van der Waals surface area contributed by atoms with E-state index in [9.17, 15) is 0 Å². The van der Waals surface area contributed by atoms with Crippen molar-refractivity contribution in [1.29, 1.82) is 0 Å². The number of nitrogens with zero attached hydrogens (tertiary/aromatic N) is 1. The lowest BCUT2D eigenvalue weighted by Gasteiger charge is -1.90. The lowest BCUT2D eigenvalue weighted by atomic mass is 10.3. The van der Waals surface area contributed by atoms with Gasteiger partial charge in [0.05, 0.1) is 16.4 Å². The Bertz CT molecular complexity index is 477. The van der Waals surface area contributed by atoms with Crippen LogP contribution in [0.15, 0.2) is 50.3 Å². The van der Waals surface area contributed by atoms with Crippen LogP contribution in [0.1, 0.15) is 5.76 Å². The minimum atomic E-state index is -0.128. The molecular formula is C11H8BrNO2. The smallest absolute Gasteiger partial charge is 0.283 e. The van der Waals surface area contributed by atoms with Gasteiger partial charge in [0.25, 0.3) is 5.95 Å². The first-order chi connectivity index (χ1) is 7.25. The van der Waals surface area contributed by atoms with Crippen molar-refractivity contribution in [2.75, 3.05) is 0 Å². The highest BCUT2D eigenvalue weighted by atomic mass is 79.9. The Morgan fingerprint density at radius 3 is 2.60 bits per heavy atom. The van der Waals surface area contributed by atoms with E-state index in [1.165, 1.54) is 6.07 Å². The molecule has 0 radical (unpaired) electrons. The number of furan rings is 1. The first-order valence-corrected chi connectivity index (χ1v) is 5.12. The van der Waals surface area contributed by atoms with Crippen LogP contribution >= 0.6 is 15.9 Å². The van der Waals surface area contributed by atoms with Crippen LogP contribution in [0, 0.1) is 0 Å². The second-order valence-corrected chi connectivity index (χ2v) is 3.74. The van der Waals surface area contributed by atoms with E-state index in [0.29, 0.717) is 10.2 Å². The zero-order valence-corrected chi connectivity index (χ0v) is 9.31. The Kier molecular flexibility index (Phi) is 2.87. The molecule has 3 nitrogen and oxygen atoms in total. The van der Waals surface area contributed by atoms with Gasteiger partial charge >= 0.3 is 0 Å². The third kappa shape index (κ3) is 2.47. The fourth-order valence-corrected chi connectivity index (χ4v) is 1.48. The molecule has 1 N–H and O–H groups in total. The molecule has 0 aliphatic carbocycles. The van der Waals surface area contributed by atoms with E-state index in [-0.39, 0.29) is 5.95 Å². The normalized spacial score (nSPS) is 11.0. The molecule has 1 aromatic heterocycles. The van der Waals surface area contributed by atoms with Crippen molar-refractivity contribution in [3.05, 3.63) is 46.6 Å². The molecule has 1 heterocycles. The molecule has 0 atom stereocenters. The quantitative estimate of drug-likeness (QED) is 0.845. The maximum Gasteiger partial charge on any atom is 0.283 e. The number of halogens is 1. The number of aromatic hydroxyl groups is 1. The van der Waals surface area contributed by atoms with Gasteiger partial charge in [-0.3, -0.25) is 4.99 Å². The summed E-state index contributed by atoms with van der Waals surface area (Å²) in [6.07, 6.45) is 1.55. The summed E-state index contributed by atoms with van der Waals surface area (Å²) in [7, 11) is 0. The number of hydrogen-bond donors (Lipinski definition) is 1. The first kappa shape index (κ1) is 9.98. The van der Waals surface area contributed by atoms with Crippen molar-refractivity contribution in [3.63, 3.8) is 0 Å². The van der Waals surface area contributed by atoms with Crippen LogP contribution < -0.4 is 0 Å². The molecule has 0 aliphatic rings. The average Bonchev–Trinajstić information content (AvgIpc) is 2.56. The van der Waals surface area contributed by atoms with Gasteiger partial charge in [0, 0.05) is 6.07 Å². The van der Waals surface area contributed by atoms with Crippen molar-refractivity contribution >= 4 is 27.8 Å². The zero-order chi connectivity index (χ0) is 10.7. The highest BCUT2D eigenvalue weighted by molar-refractivity contribution is 9.10.